The number of nitrogens with zero attached hydrogens (tertiary/aromatic N) is 2. The number of ether oxygens (including phenoxy) is 1. The zero-order valence-corrected chi connectivity index (χ0v) is 20.9. The lowest BCUT2D eigenvalue weighted by Crippen LogP contribution is -2.40. The van der Waals surface area contributed by atoms with Crippen LogP contribution in [0.1, 0.15) is 40.7 Å². The van der Waals surface area contributed by atoms with E-state index in [0.29, 0.717) is 17.2 Å². The molecule has 184 valence electrons. The highest BCUT2D eigenvalue weighted by atomic mass is 32.2. The van der Waals surface area contributed by atoms with Gasteiger partial charge in [-0.3, -0.25) is 14.4 Å². The van der Waals surface area contributed by atoms with Gasteiger partial charge in [0.25, 0.3) is 15.9 Å². The molecule has 2 heterocycles. The molecule has 0 saturated carbocycles. The summed E-state index contributed by atoms with van der Waals surface area (Å²) in [4.78, 5) is 17.5. The molecular formula is C26H35N3O4S. The summed E-state index contributed by atoms with van der Waals surface area (Å²) in [5.41, 5.74) is 3.18. The molecule has 1 amide bonds. The molecule has 0 bridgehead atoms. The van der Waals surface area contributed by atoms with Gasteiger partial charge in [0.05, 0.1) is 18.1 Å². The number of hydrogen-bond acceptors (Lipinski definition) is 5. The van der Waals surface area contributed by atoms with E-state index >= 15 is 0 Å². The molecule has 0 aromatic heterocycles. The predicted octanol–water partition coefficient (Wildman–Crippen LogP) is 3.68. The van der Waals surface area contributed by atoms with Crippen molar-refractivity contribution in [2.75, 3.05) is 50.7 Å². The minimum absolute atomic E-state index is 0.0299. The first kappa shape index (κ1) is 24.7. The molecule has 0 unspecified atom stereocenters. The Hall–Kier alpha value is -2.42. The van der Waals surface area contributed by atoms with E-state index in [4.69, 9.17) is 4.74 Å². The quantitative estimate of drug-likeness (QED) is 0.647. The number of carbonyl (C=O) groups excluding carboxylic acids is 1. The Labute approximate surface area is 203 Å². The summed E-state index contributed by atoms with van der Waals surface area (Å²) in [7, 11) is -3.72. The summed E-state index contributed by atoms with van der Waals surface area (Å²) in [5, 5.41) is 0. The van der Waals surface area contributed by atoms with E-state index in [-0.39, 0.29) is 10.8 Å². The third-order valence-electron chi connectivity index (χ3n) is 7.03. The molecule has 8 heteroatoms. The lowest BCUT2D eigenvalue weighted by Gasteiger charge is -2.34. The van der Waals surface area contributed by atoms with Gasteiger partial charge in [0.2, 0.25) is 0 Å². The van der Waals surface area contributed by atoms with Crippen LogP contribution >= 0.6 is 0 Å². The van der Waals surface area contributed by atoms with Crippen molar-refractivity contribution in [2.45, 2.75) is 38.0 Å². The number of morpholine rings is 1. The molecule has 0 radical (unpaired) electrons. The Balaban J connectivity index is 1.30. The number of nitrogens with one attached hydrogen (secondary N) is 1. The Morgan fingerprint density at radius 1 is 0.971 bits per heavy atom. The highest BCUT2D eigenvalue weighted by molar-refractivity contribution is 7.92. The summed E-state index contributed by atoms with van der Waals surface area (Å²) in [6.07, 6.45) is 3.20. The van der Waals surface area contributed by atoms with Gasteiger partial charge in [0.1, 0.15) is 0 Å². The average molecular weight is 486 g/mol. The van der Waals surface area contributed by atoms with Crippen LogP contribution in [0.2, 0.25) is 0 Å². The number of hydrogen-bond donors (Lipinski definition) is 1. The van der Waals surface area contributed by atoms with Crippen LogP contribution in [0.5, 0.6) is 0 Å². The molecule has 7 nitrogen and oxygen atoms in total. The fourth-order valence-corrected chi connectivity index (χ4v) is 5.64. The van der Waals surface area contributed by atoms with Crippen molar-refractivity contribution >= 4 is 21.6 Å². The van der Waals surface area contributed by atoms with Crippen LogP contribution in [-0.2, 0) is 14.8 Å². The maximum Gasteiger partial charge on any atom is 0.261 e. The number of sulfonamides is 1. The van der Waals surface area contributed by atoms with Crippen LogP contribution in [0.4, 0.5) is 5.69 Å². The molecule has 34 heavy (non-hydrogen) atoms. The third kappa shape index (κ3) is 6.17. The van der Waals surface area contributed by atoms with Crippen molar-refractivity contribution in [3.63, 3.8) is 0 Å². The van der Waals surface area contributed by atoms with Crippen LogP contribution in [0.3, 0.4) is 0 Å². The Morgan fingerprint density at radius 2 is 1.65 bits per heavy atom. The van der Waals surface area contributed by atoms with Gasteiger partial charge in [-0.05, 0) is 93.1 Å². The Bertz CT molecular complexity index is 1090. The van der Waals surface area contributed by atoms with Gasteiger partial charge in [0.15, 0.2) is 0 Å². The van der Waals surface area contributed by atoms with Crippen LogP contribution < -0.4 is 4.72 Å². The largest absolute Gasteiger partial charge is 0.379 e. The molecule has 2 aromatic carbocycles. The van der Waals surface area contributed by atoms with E-state index in [9.17, 15) is 13.2 Å². The highest BCUT2D eigenvalue weighted by Gasteiger charge is 2.25. The number of amides is 1. The first-order valence-corrected chi connectivity index (χ1v) is 13.6. The van der Waals surface area contributed by atoms with Gasteiger partial charge in [-0.25, -0.2) is 8.42 Å². The first-order valence-electron chi connectivity index (χ1n) is 12.1. The van der Waals surface area contributed by atoms with Gasteiger partial charge >= 0.3 is 0 Å². The topological polar surface area (TPSA) is 79.0 Å². The molecule has 2 saturated heterocycles. The maximum atomic E-state index is 13.0. The zero-order valence-electron chi connectivity index (χ0n) is 20.1. The summed E-state index contributed by atoms with van der Waals surface area (Å²) in [6, 6.07) is 11.7. The number of carbonyl (C=O) groups is 1. The van der Waals surface area contributed by atoms with Gasteiger partial charge in [0, 0.05) is 37.4 Å². The predicted molar refractivity (Wildman–Crippen MR) is 134 cm³/mol. The van der Waals surface area contributed by atoms with Crippen molar-refractivity contribution in [2.24, 2.45) is 5.92 Å². The summed E-state index contributed by atoms with van der Waals surface area (Å²) in [6.45, 7) is 10.2. The molecule has 2 aliphatic heterocycles. The molecule has 1 N–H and O–H groups in total. The molecule has 2 aromatic rings. The monoisotopic (exact) mass is 485 g/mol. The van der Waals surface area contributed by atoms with Crippen LogP contribution in [0, 0.1) is 19.8 Å². The van der Waals surface area contributed by atoms with E-state index in [2.05, 4.69) is 9.62 Å². The van der Waals surface area contributed by atoms with Gasteiger partial charge in [-0.1, -0.05) is 6.07 Å². The van der Waals surface area contributed by atoms with Crippen LogP contribution in [0.25, 0.3) is 0 Å². The third-order valence-corrected chi connectivity index (χ3v) is 8.43. The van der Waals surface area contributed by atoms with E-state index in [0.717, 1.165) is 69.9 Å². The van der Waals surface area contributed by atoms with Gasteiger partial charge in [-0.15, -0.1) is 0 Å². The van der Waals surface area contributed by atoms with Crippen molar-refractivity contribution in [1.82, 2.24) is 9.80 Å². The van der Waals surface area contributed by atoms with Crippen LogP contribution in [-0.4, -0.2) is 70.1 Å². The first-order chi connectivity index (χ1) is 16.3. The van der Waals surface area contributed by atoms with Gasteiger partial charge in [-0.2, -0.15) is 0 Å². The number of anilines is 1. The van der Waals surface area contributed by atoms with Crippen molar-refractivity contribution in [3.8, 4) is 0 Å². The molecule has 0 spiro atoms. The Kier molecular flexibility index (Phi) is 7.91. The minimum Gasteiger partial charge on any atom is -0.379 e. The molecular weight excluding hydrogens is 450 g/mol. The second-order valence-corrected chi connectivity index (χ2v) is 11.1. The highest BCUT2D eigenvalue weighted by Crippen LogP contribution is 2.24. The lowest BCUT2D eigenvalue weighted by molar-refractivity contribution is 0.0332. The zero-order chi connectivity index (χ0) is 24.1. The molecule has 0 atom stereocenters. The number of likely N-dealkylation sites (tertiary alicyclic amines) is 1. The second kappa shape index (κ2) is 10.9. The second-order valence-electron chi connectivity index (χ2n) is 9.41. The molecule has 0 aliphatic carbocycles. The maximum absolute atomic E-state index is 13.0. The molecule has 4 rings (SSSR count). The summed E-state index contributed by atoms with van der Waals surface area (Å²) >= 11 is 0. The standard InChI is InChI=1S/C26H35N3O4S/c1-20-3-6-24(19-21(20)2)27-34(31,32)25-7-4-23(5-8-25)26(30)29-13-10-22(11-14-29)9-12-28-15-17-33-18-16-28/h3-8,19,22,27H,9-18H2,1-2H3. The SMILES string of the molecule is Cc1ccc(NS(=O)(=O)c2ccc(C(=O)N3CCC(CCN4CCOCC4)CC3)cc2)cc1C. The van der Waals surface area contributed by atoms with Crippen molar-refractivity contribution in [3.05, 3.63) is 59.2 Å². The minimum atomic E-state index is -3.72. The van der Waals surface area contributed by atoms with E-state index in [1.165, 1.54) is 18.6 Å². The smallest absolute Gasteiger partial charge is 0.261 e. The Morgan fingerprint density at radius 3 is 2.29 bits per heavy atom. The lowest BCUT2D eigenvalue weighted by atomic mass is 9.93. The number of rotatable bonds is 7. The van der Waals surface area contributed by atoms with Crippen molar-refractivity contribution < 1.29 is 17.9 Å². The summed E-state index contributed by atoms with van der Waals surface area (Å²) in [5.74, 6) is 0.619. The molecule has 2 aliphatic rings. The fourth-order valence-electron chi connectivity index (χ4n) is 4.59. The van der Waals surface area contributed by atoms with Crippen molar-refractivity contribution in [1.29, 1.82) is 0 Å². The van der Waals surface area contributed by atoms with E-state index < -0.39 is 10.0 Å². The fraction of sp³-hybridized carbons (Fsp3) is 0.500. The van der Waals surface area contributed by atoms with Crippen LogP contribution in [0.15, 0.2) is 47.4 Å². The number of piperidine rings is 1. The van der Waals surface area contributed by atoms with E-state index in [1.807, 2.05) is 30.9 Å². The normalized spacial score (nSPS) is 18.1. The number of aryl methyl sites for hydroxylation is 2. The summed E-state index contributed by atoms with van der Waals surface area (Å²) < 4.78 is 33.6. The average Bonchev–Trinajstić information content (AvgIpc) is 2.85. The van der Waals surface area contributed by atoms with Gasteiger partial charge < -0.3 is 9.64 Å². The number of benzene rings is 2. The van der Waals surface area contributed by atoms with E-state index in [1.54, 1.807) is 18.2 Å². The molecule has 2 fully saturated rings.